The maximum absolute atomic E-state index is 14.1. The highest BCUT2D eigenvalue weighted by Crippen LogP contribution is 2.31. The number of carbonyl (C=O) groups excluding carboxylic acids is 3. The molecule has 10 nitrogen and oxygen atoms in total. The zero-order valence-corrected chi connectivity index (χ0v) is 22.9. The van der Waals surface area contributed by atoms with Gasteiger partial charge >= 0.3 is 6.03 Å². The summed E-state index contributed by atoms with van der Waals surface area (Å²) in [5.74, 6) is -0.382. The number of hydrazine groups is 1. The standard InChI is InChI=1S/C30H33N7O3/c1-32-30(40)35(16-15-31)36-20-28(38)37-26(17-21-11-13-24(14-12-21)33(2)3)29(39)34(19-27(36)37)18-23-9-6-8-22-7-4-5-10-25(22)23/h4-14,26-27H,16-20H2,1-3H3,(H,32,40)/t26-,27+/m0/s1. The molecule has 0 bridgehead atoms. The van der Waals surface area contributed by atoms with Crippen LogP contribution in [0.25, 0.3) is 10.8 Å². The summed E-state index contributed by atoms with van der Waals surface area (Å²) in [5, 5.41) is 17.0. The van der Waals surface area contributed by atoms with Crippen molar-refractivity contribution in [2.45, 2.75) is 25.2 Å². The summed E-state index contributed by atoms with van der Waals surface area (Å²) in [6, 6.07) is 22.8. The molecule has 10 heteroatoms. The fourth-order valence-electron chi connectivity index (χ4n) is 5.66. The van der Waals surface area contributed by atoms with E-state index in [1.165, 1.54) is 12.1 Å². The first kappa shape index (κ1) is 27.0. The Morgan fingerprint density at radius 2 is 1.77 bits per heavy atom. The Labute approximate surface area is 233 Å². The van der Waals surface area contributed by atoms with Crippen molar-refractivity contribution >= 4 is 34.3 Å². The van der Waals surface area contributed by atoms with E-state index in [0.717, 1.165) is 27.6 Å². The molecule has 0 radical (unpaired) electrons. The zero-order chi connectivity index (χ0) is 28.4. The molecule has 2 heterocycles. The largest absolute Gasteiger partial charge is 0.378 e. The molecule has 2 aliphatic heterocycles. The first-order chi connectivity index (χ1) is 19.3. The van der Waals surface area contributed by atoms with Crippen LogP contribution >= 0.6 is 0 Å². The Bertz CT molecular complexity index is 1460. The van der Waals surface area contributed by atoms with Crippen LogP contribution in [0.5, 0.6) is 0 Å². The van der Waals surface area contributed by atoms with Crippen molar-refractivity contribution in [1.82, 2.24) is 25.1 Å². The third-order valence-corrected chi connectivity index (χ3v) is 7.67. The minimum absolute atomic E-state index is 0.0920. The van der Waals surface area contributed by atoms with Gasteiger partial charge in [-0.2, -0.15) is 10.3 Å². The van der Waals surface area contributed by atoms with Gasteiger partial charge in [0.25, 0.3) is 0 Å². The van der Waals surface area contributed by atoms with E-state index >= 15 is 0 Å². The van der Waals surface area contributed by atoms with Crippen LogP contribution in [-0.4, -0.2) is 90.6 Å². The summed E-state index contributed by atoms with van der Waals surface area (Å²) in [5.41, 5.74) is 2.97. The first-order valence-electron chi connectivity index (χ1n) is 13.3. The molecule has 0 spiro atoms. The molecule has 4 amide bonds. The van der Waals surface area contributed by atoms with Crippen LogP contribution in [0.15, 0.2) is 66.7 Å². The van der Waals surface area contributed by atoms with Crippen LogP contribution in [0.4, 0.5) is 10.5 Å². The molecular weight excluding hydrogens is 506 g/mol. The summed E-state index contributed by atoms with van der Waals surface area (Å²) in [6.07, 6.45) is -0.246. The van der Waals surface area contributed by atoms with Gasteiger partial charge in [0.05, 0.1) is 19.2 Å². The lowest BCUT2D eigenvalue weighted by Gasteiger charge is -2.46. The maximum atomic E-state index is 14.1. The van der Waals surface area contributed by atoms with Gasteiger partial charge in [0, 0.05) is 39.8 Å². The SMILES string of the molecule is CNC(=O)N(CC#N)N1CC(=O)N2[C@@H](Cc3ccc(N(C)C)cc3)C(=O)N(Cc3cccc4ccccc34)C[C@@H]21. The number of rotatable bonds is 7. The van der Waals surface area contributed by atoms with Gasteiger partial charge in [-0.25, -0.2) is 9.80 Å². The second-order valence-electron chi connectivity index (χ2n) is 10.3. The normalized spacial score (nSPS) is 18.9. The third-order valence-electron chi connectivity index (χ3n) is 7.67. The number of benzene rings is 3. The highest BCUT2D eigenvalue weighted by molar-refractivity contribution is 5.92. The van der Waals surface area contributed by atoms with Gasteiger partial charge in [0.1, 0.15) is 18.8 Å². The molecule has 5 rings (SSSR count). The van der Waals surface area contributed by atoms with Crippen LogP contribution in [0.2, 0.25) is 0 Å². The maximum Gasteiger partial charge on any atom is 0.332 e. The number of piperazine rings is 1. The Balaban J connectivity index is 1.52. The molecule has 0 aromatic heterocycles. The lowest BCUT2D eigenvalue weighted by molar-refractivity contribution is -0.157. The summed E-state index contributed by atoms with van der Waals surface area (Å²) >= 11 is 0. The van der Waals surface area contributed by atoms with E-state index in [1.807, 2.05) is 91.8 Å². The number of hydrogen-bond donors (Lipinski definition) is 1. The Morgan fingerprint density at radius 3 is 2.48 bits per heavy atom. The highest BCUT2D eigenvalue weighted by Gasteiger charge is 2.52. The lowest BCUT2D eigenvalue weighted by Crippen LogP contribution is -2.66. The molecule has 2 fully saturated rings. The van der Waals surface area contributed by atoms with E-state index < -0.39 is 18.2 Å². The summed E-state index contributed by atoms with van der Waals surface area (Å²) in [7, 11) is 5.42. The molecule has 0 saturated carbocycles. The molecule has 2 saturated heterocycles. The Morgan fingerprint density at radius 1 is 1.05 bits per heavy atom. The summed E-state index contributed by atoms with van der Waals surface area (Å²) < 4.78 is 0. The number of nitrogens with one attached hydrogen (secondary N) is 1. The fourth-order valence-corrected chi connectivity index (χ4v) is 5.66. The second kappa shape index (κ2) is 11.2. The van der Waals surface area contributed by atoms with Gasteiger partial charge in [-0.1, -0.05) is 54.6 Å². The highest BCUT2D eigenvalue weighted by atomic mass is 16.2. The van der Waals surface area contributed by atoms with Crippen molar-refractivity contribution in [3.63, 3.8) is 0 Å². The van der Waals surface area contributed by atoms with Crippen molar-refractivity contribution < 1.29 is 14.4 Å². The van der Waals surface area contributed by atoms with E-state index in [4.69, 9.17) is 0 Å². The van der Waals surface area contributed by atoms with E-state index in [1.54, 1.807) is 14.8 Å². The van der Waals surface area contributed by atoms with E-state index in [9.17, 15) is 19.6 Å². The second-order valence-corrected chi connectivity index (χ2v) is 10.3. The number of urea groups is 1. The Hall–Kier alpha value is -4.62. The molecule has 2 aliphatic rings. The minimum atomic E-state index is -0.745. The fraction of sp³-hybridized carbons (Fsp3) is 0.333. The molecule has 2 atom stereocenters. The molecule has 1 N–H and O–H groups in total. The van der Waals surface area contributed by atoms with Gasteiger partial charge in [-0.15, -0.1) is 0 Å². The van der Waals surface area contributed by atoms with Gasteiger partial charge in [0.15, 0.2) is 0 Å². The van der Waals surface area contributed by atoms with E-state index in [0.29, 0.717) is 13.0 Å². The van der Waals surface area contributed by atoms with Gasteiger partial charge < -0.3 is 20.0 Å². The van der Waals surface area contributed by atoms with Crippen LogP contribution in [0.1, 0.15) is 11.1 Å². The number of carbonyl (C=O) groups is 3. The number of fused-ring (bicyclic) bond motifs is 2. The topological polar surface area (TPSA) is 103 Å². The molecule has 206 valence electrons. The van der Waals surface area contributed by atoms with Crippen molar-refractivity contribution in [3.05, 3.63) is 77.9 Å². The van der Waals surface area contributed by atoms with Crippen molar-refractivity contribution in [2.75, 3.05) is 45.7 Å². The first-order valence-corrected chi connectivity index (χ1v) is 13.3. The monoisotopic (exact) mass is 539 g/mol. The van der Waals surface area contributed by atoms with Gasteiger partial charge in [-0.3, -0.25) is 9.59 Å². The summed E-state index contributed by atoms with van der Waals surface area (Å²) in [6.45, 7) is 0.264. The Kier molecular flexibility index (Phi) is 7.58. The number of nitrogens with zero attached hydrogens (tertiary/aromatic N) is 6. The lowest BCUT2D eigenvalue weighted by atomic mass is 9.98. The zero-order valence-electron chi connectivity index (χ0n) is 22.9. The van der Waals surface area contributed by atoms with Crippen LogP contribution in [0, 0.1) is 11.3 Å². The van der Waals surface area contributed by atoms with Gasteiger partial charge in [-0.05, 0) is 34.0 Å². The smallest absolute Gasteiger partial charge is 0.332 e. The third kappa shape index (κ3) is 5.03. The van der Waals surface area contributed by atoms with Crippen LogP contribution < -0.4 is 10.2 Å². The molecule has 3 aromatic carbocycles. The van der Waals surface area contributed by atoms with E-state index in [-0.39, 0.29) is 31.4 Å². The van der Waals surface area contributed by atoms with Crippen LogP contribution in [0.3, 0.4) is 0 Å². The van der Waals surface area contributed by atoms with Crippen molar-refractivity contribution in [2.24, 2.45) is 0 Å². The van der Waals surface area contributed by atoms with Crippen molar-refractivity contribution in [3.8, 4) is 6.07 Å². The van der Waals surface area contributed by atoms with E-state index in [2.05, 4.69) is 5.32 Å². The molecule has 0 aliphatic carbocycles. The van der Waals surface area contributed by atoms with Crippen molar-refractivity contribution in [1.29, 1.82) is 5.26 Å². The molecule has 0 unspecified atom stereocenters. The number of hydrogen-bond acceptors (Lipinski definition) is 6. The predicted molar refractivity (Wildman–Crippen MR) is 152 cm³/mol. The number of anilines is 1. The molecular formula is C30H33N7O3. The average Bonchev–Trinajstić information content (AvgIpc) is 3.29. The number of nitriles is 1. The molecule has 40 heavy (non-hydrogen) atoms. The summed E-state index contributed by atoms with van der Waals surface area (Å²) in [4.78, 5) is 45.6. The quantitative estimate of drug-likeness (QED) is 0.463. The average molecular weight is 540 g/mol. The minimum Gasteiger partial charge on any atom is -0.378 e. The number of amides is 4. The molecule has 3 aromatic rings. The predicted octanol–water partition coefficient (Wildman–Crippen LogP) is 2.41. The van der Waals surface area contributed by atoms with Crippen LogP contribution in [-0.2, 0) is 22.6 Å². The van der Waals surface area contributed by atoms with Gasteiger partial charge in [0.2, 0.25) is 11.8 Å².